The average molecular weight is 226 g/mol. The first-order chi connectivity index (χ1) is 7.63. The zero-order valence-electron chi connectivity index (χ0n) is 8.39. The molecule has 1 aromatic rings. The highest BCUT2D eigenvalue weighted by molar-refractivity contribution is 5.76. The van der Waals surface area contributed by atoms with E-state index in [4.69, 9.17) is 5.73 Å². The Kier molecular flexibility index (Phi) is 4.19. The van der Waals surface area contributed by atoms with E-state index in [1.54, 1.807) is 29.7 Å². The lowest BCUT2D eigenvalue weighted by Crippen LogP contribution is -2.36. The summed E-state index contributed by atoms with van der Waals surface area (Å²) in [6.07, 6.45) is 0. The normalized spacial score (nSPS) is 11.2. The van der Waals surface area contributed by atoms with Crippen LogP contribution in [0.3, 0.4) is 0 Å². The van der Waals surface area contributed by atoms with Crippen LogP contribution in [-0.4, -0.2) is 11.0 Å². The molecule has 0 amide bonds. The Morgan fingerprint density at radius 3 is 2.69 bits per heavy atom. The summed E-state index contributed by atoms with van der Waals surface area (Å²) in [7, 11) is 0. The molecule has 3 N–H and O–H groups in total. The molecule has 0 aliphatic carbocycles. The lowest BCUT2D eigenvalue weighted by molar-refractivity contribution is -0.525. The fourth-order valence-corrected chi connectivity index (χ4v) is 1.14. The summed E-state index contributed by atoms with van der Waals surface area (Å²) in [4.78, 5) is 13.7. The Morgan fingerprint density at radius 2 is 2.12 bits per heavy atom. The van der Waals surface area contributed by atoms with Crippen LogP contribution in [-0.2, 0) is 13.2 Å². The van der Waals surface area contributed by atoms with Crippen LogP contribution >= 0.6 is 0 Å². The minimum atomic E-state index is -0.806. The topological polar surface area (TPSA) is 93.5 Å². The van der Waals surface area contributed by atoms with E-state index in [0.29, 0.717) is 11.1 Å². The van der Waals surface area contributed by atoms with Gasteiger partial charge in [-0.15, -0.1) is 0 Å². The van der Waals surface area contributed by atoms with Crippen LogP contribution in [0.15, 0.2) is 29.3 Å². The van der Waals surface area contributed by atoms with Gasteiger partial charge in [-0.2, -0.15) is 0 Å². The smallest absolute Gasteiger partial charge is 0.251 e. The first kappa shape index (κ1) is 11.9. The molecule has 0 radical (unpaired) electrons. The summed E-state index contributed by atoms with van der Waals surface area (Å²) in [5, 5.41) is 9.21. The SMILES string of the molecule is NC(=NCc1ccccc1CF)N[N+](=O)[O-]. The maximum absolute atomic E-state index is 12.5. The number of alkyl halides is 1. The first-order valence-electron chi connectivity index (χ1n) is 4.47. The number of nitrogens with two attached hydrogens (primary N) is 1. The molecule has 0 spiro atoms. The van der Waals surface area contributed by atoms with Crippen molar-refractivity contribution in [1.82, 2.24) is 5.43 Å². The molecule has 0 bridgehead atoms. The van der Waals surface area contributed by atoms with Crippen LogP contribution in [0.1, 0.15) is 11.1 Å². The second-order valence-electron chi connectivity index (χ2n) is 2.97. The number of nitro groups is 1. The molecule has 0 fully saturated rings. The fraction of sp³-hybridized carbons (Fsp3) is 0.222. The molecule has 6 nitrogen and oxygen atoms in total. The minimum absolute atomic E-state index is 0.104. The maximum Gasteiger partial charge on any atom is 0.251 e. The van der Waals surface area contributed by atoms with Gasteiger partial charge in [-0.05, 0) is 11.1 Å². The molecule has 1 aromatic carbocycles. The van der Waals surface area contributed by atoms with E-state index in [9.17, 15) is 14.5 Å². The Hall–Kier alpha value is -2.18. The summed E-state index contributed by atoms with van der Waals surface area (Å²) in [5.74, 6) is -0.307. The van der Waals surface area contributed by atoms with Crippen LogP contribution in [0.2, 0.25) is 0 Å². The molecule has 0 heterocycles. The molecule has 0 saturated heterocycles. The van der Waals surface area contributed by atoms with Crippen LogP contribution in [0.5, 0.6) is 0 Å². The molecule has 0 aliphatic rings. The number of rotatable bonds is 4. The van der Waals surface area contributed by atoms with Gasteiger partial charge in [0, 0.05) is 0 Å². The summed E-state index contributed by atoms with van der Waals surface area (Å²) in [6.45, 7) is -0.499. The van der Waals surface area contributed by atoms with Crippen molar-refractivity contribution in [2.45, 2.75) is 13.2 Å². The highest BCUT2D eigenvalue weighted by atomic mass is 19.1. The summed E-state index contributed by atoms with van der Waals surface area (Å²) in [5.41, 5.74) is 8.08. The largest absolute Gasteiger partial charge is 0.365 e. The minimum Gasteiger partial charge on any atom is -0.365 e. The lowest BCUT2D eigenvalue weighted by atomic mass is 10.1. The van der Waals surface area contributed by atoms with Crippen LogP contribution < -0.4 is 11.2 Å². The zero-order valence-corrected chi connectivity index (χ0v) is 8.39. The Morgan fingerprint density at radius 1 is 1.50 bits per heavy atom. The van der Waals surface area contributed by atoms with Crippen LogP contribution in [0, 0.1) is 10.1 Å². The predicted molar refractivity (Wildman–Crippen MR) is 56.7 cm³/mol. The van der Waals surface area contributed by atoms with E-state index >= 15 is 0 Å². The van der Waals surface area contributed by atoms with Gasteiger partial charge in [-0.25, -0.2) is 19.5 Å². The third-order valence-electron chi connectivity index (χ3n) is 1.89. The fourth-order valence-electron chi connectivity index (χ4n) is 1.14. The highest BCUT2D eigenvalue weighted by Gasteiger charge is 2.02. The number of nitrogens with one attached hydrogen (secondary N) is 1. The third-order valence-corrected chi connectivity index (χ3v) is 1.89. The summed E-state index contributed by atoms with van der Waals surface area (Å²) >= 11 is 0. The number of benzene rings is 1. The van der Waals surface area contributed by atoms with Gasteiger partial charge in [0.05, 0.1) is 6.54 Å². The maximum atomic E-state index is 12.5. The van der Waals surface area contributed by atoms with Gasteiger partial charge in [0.15, 0.2) is 5.03 Å². The number of halogens is 1. The number of nitrogens with zero attached hydrogens (tertiary/aromatic N) is 2. The second-order valence-corrected chi connectivity index (χ2v) is 2.97. The third kappa shape index (κ3) is 3.52. The summed E-state index contributed by atoms with van der Waals surface area (Å²) in [6, 6.07) is 6.77. The van der Waals surface area contributed by atoms with Crippen LogP contribution in [0.4, 0.5) is 4.39 Å². The molecule has 0 aromatic heterocycles. The quantitative estimate of drug-likeness (QED) is 0.343. The van der Waals surface area contributed by atoms with Gasteiger partial charge >= 0.3 is 0 Å². The number of aliphatic imine (C=N–C) groups is 1. The molecular formula is C9H11FN4O2. The Balaban J connectivity index is 2.70. The van der Waals surface area contributed by atoms with Gasteiger partial charge in [-0.1, -0.05) is 29.7 Å². The van der Waals surface area contributed by atoms with E-state index in [1.807, 2.05) is 0 Å². The molecule has 0 unspecified atom stereocenters. The summed E-state index contributed by atoms with van der Waals surface area (Å²) < 4.78 is 12.5. The number of hydrogen-bond acceptors (Lipinski definition) is 3. The van der Waals surface area contributed by atoms with Crippen molar-refractivity contribution in [2.24, 2.45) is 10.7 Å². The van der Waals surface area contributed by atoms with E-state index in [0.717, 1.165) is 0 Å². The van der Waals surface area contributed by atoms with Gasteiger partial charge < -0.3 is 5.73 Å². The van der Waals surface area contributed by atoms with E-state index in [2.05, 4.69) is 4.99 Å². The van der Waals surface area contributed by atoms with Gasteiger partial charge in [-0.3, -0.25) is 0 Å². The van der Waals surface area contributed by atoms with Crippen molar-refractivity contribution >= 4 is 5.96 Å². The highest BCUT2D eigenvalue weighted by Crippen LogP contribution is 2.10. The molecule has 16 heavy (non-hydrogen) atoms. The van der Waals surface area contributed by atoms with Crippen molar-refractivity contribution in [3.8, 4) is 0 Å². The standard InChI is InChI=1S/C9H11FN4O2/c10-5-7-3-1-2-4-8(7)6-12-9(11)13-14(15)16/h1-4H,5-6H2,(H3,11,12,13). The van der Waals surface area contributed by atoms with E-state index in [-0.39, 0.29) is 12.5 Å². The van der Waals surface area contributed by atoms with E-state index < -0.39 is 11.7 Å². The molecular weight excluding hydrogens is 215 g/mol. The molecule has 7 heteroatoms. The molecule has 0 aliphatic heterocycles. The van der Waals surface area contributed by atoms with Crippen molar-refractivity contribution in [3.05, 3.63) is 45.5 Å². The Bertz CT molecular complexity index is 408. The second kappa shape index (κ2) is 5.64. The first-order valence-corrected chi connectivity index (χ1v) is 4.47. The lowest BCUT2D eigenvalue weighted by Gasteiger charge is -2.03. The predicted octanol–water partition coefficient (Wildman–Crippen LogP) is 0.752. The molecule has 1 rings (SSSR count). The van der Waals surface area contributed by atoms with Gasteiger partial charge in [0.2, 0.25) is 0 Å². The zero-order chi connectivity index (χ0) is 12.0. The van der Waals surface area contributed by atoms with E-state index in [1.165, 1.54) is 0 Å². The molecule has 86 valence electrons. The van der Waals surface area contributed by atoms with Gasteiger partial charge in [0.25, 0.3) is 5.96 Å². The van der Waals surface area contributed by atoms with Crippen LogP contribution in [0.25, 0.3) is 0 Å². The monoisotopic (exact) mass is 226 g/mol. The Labute approximate surface area is 91.1 Å². The number of hydrazine groups is 1. The van der Waals surface area contributed by atoms with Gasteiger partial charge in [0.1, 0.15) is 6.67 Å². The van der Waals surface area contributed by atoms with Crippen molar-refractivity contribution in [2.75, 3.05) is 0 Å². The number of hydrogen-bond donors (Lipinski definition) is 2. The average Bonchev–Trinajstić information content (AvgIpc) is 2.26. The number of guanidine groups is 1. The van der Waals surface area contributed by atoms with Crippen molar-refractivity contribution in [3.63, 3.8) is 0 Å². The van der Waals surface area contributed by atoms with Crippen molar-refractivity contribution < 1.29 is 9.42 Å². The molecule has 0 atom stereocenters. The molecule has 0 saturated carbocycles. The van der Waals surface area contributed by atoms with Crippen molar-refractivity contribution in [1.29, 1.82) is 0 Å².